The van der Waals surface area contributed by atoms with Gasteiger partial charge in [0.05, 0.1) is 6.07 Å². The first-order valence-electron chi connectivity index (χ1n) is 11.4. The molecular formula is C24H33N5O4. The second-order valence-electron chi connectivity index (χ2n) is 9.82. The number of allylic oxidation sites excluding steroid dienone is 1. The zero-order valence-corrected chi connectivity index (χ0v) is 19.5. The molecule has 2 heterocycles. The first kappa shape index (κ1) is 24.4. The molecule has 1 aromatic heterocycles. The molecule has 3 N–H and O–H groups in total. The van der Waals surface area contributed by atoms with Crippen LogP contribution in [0.25, 0.3) is 0 Å². The van der Waals surface area contributed by atoms with Crippen LogP contribution in [0.3, 0.4) is 0 Å². The fraction of sp³-hybridized carbons (Fsp3) is 0.583. The minimum Gasteiger partial charge on any atom is -0.444 e. The number of pyridine rings is 1. The van der Waals surface area contributed by atoms with Crippen molar-refractivity contribution in [1.82, 2.24) is 15.2 Å². The fourth-order valence-electron chi connectivity index (χ4n) is 3.96. The topological polar surface area (TPSA) is 125 Å². The SMILES string of the molecule is C=C1NCCC1CC(C#N)NC(=O)C(CC1CC1)n1cccc(NC(=O)OC(C)(C)C)c1=O. The molecule has 1 aromatic rings. The molecule has 0 radical (unpaired) electrons. The molecule has 0 bridgehead atoms. The van der Waals surface area contributed by atoms with Crippen molar-refractivity contribution in [3.05, 3.63) is 41.0 Å². The minimum atomic E-state index is -0.772. The van der Waals surface area contributed by atoms with E-state index in [1.165, 1.54) is 10.6 Å². The number of nitrogens with one attached hydrogen (secondary N) is 3. The van der Waals surface area contributed by atoms with Crippen molar-refractivity contribution >= 4 is 17.7 Å². The van der Waals surface area contributed by atoms with Gasteiger partial charge in [-0.15, -0.1) is 0 Å². The maximum absolute atomic E-state index is 13.2. The first-order valence-corrected chi connectivity index (χ1v) is 11.4. The van der Waals surface area contributed by atoms with Gasteiger partial charge in [0.15, 0.2) is 0 Å². The highest BCUT2D eigenvalue weighted by atomic mass is 16.6. The third-order valence-electron chi connectivity index (χ3n) is 5.83. The summed E-state index contributed by atoms with van der Waals surface area (Å²) in [5.41, 5.74) is -0.286. The number of carbonyl (C=O) groups is 2. The Morgan fingerprint density at radius 3 is 2.64 bits per heavy atom. The van der Waals surface area contributed by atoms with Gasteiger partial charge in [-0.1, -0.05) is 19.4 Å². The van der Waals surface area contributed by atoms with Crippen LogP contribution in [0.5, 0.6) is 0 Å². The highest BCUT2D eigenvalue weighted by Gasteiger charge is 2.33. The van der Waals surface area contributed by atoms with E-state index in [0.717, 1.165) is 31.5 Å². The summed E-state index contributed by atoms with van der Waals surface area (Å²) in [6, 6.07) is 3.80. The number of nitriles is 1. The number of amides is 2. The molecule has 2 amide bonds. The van der Waals surface area contributed by atoms with Crippen LogP contribution in [0, 0.1) is 23.2 Å². The highest BCUT2D eigenvalue weighted by Crippen LogP contribution is 2.37. The lowest BCUT2D eigenvalue weighted by Crippen LogP contribution is -2.43. The number of nitrogens with zero attached hydrogens (tertiary/aromatic N) is 2. The van der Waals surface area contributed by atoms with Gasteiger partial charge >= 0.3 is 6.09 Å². The summed E-state index contributed by atoms with van der Waals surface area (Å²) in [6.45, 7) is 9.98. The molecule has 3 rings (SSSR count). The normalized spacial score (nSPS) is 19.7. The Balaban J connectivity index is 1.77. The maximum atomic E-state index is 13.2. The van der Waals surface area contributed by atoms with E-state index in [0.29, 0.717) is 18.8 Å². The molecule has 1 aliphatic heterocycles. The number of hydrogen-bond acceptors (Lipinski definition) is 6. The van der Waals surface area contributed by atoms with E-state index in [4.69, 9.17) is 4.74 Å². The van der Waals surface area contributed by atoms with Crippen molar-refractivity contribution < 1.29 is 14.3 Å². The molecule has 2 aliphatic rings. The van der Waals surface area contributed by atoms with Crippen LogP contribution in [0.1, 0.15) is 58.9 Å². The summed E-state index contributed by atoms with van der Waals surface area (Å²) in [5.74, 6) is 0.108. The standard InChI is InChI=1S/C24H33N5O4/c1-15-17(9-10-26-15)13-18(14-25)27-21(30)20(12-16-7-8-16)29-11-5-6-19(22(29)31)28-23(32)33-24(2,3)4/h5-6,11,16-18,20,26H,1,7-10,12-13H2,2-4H3,(H,27,30)(H,28,32). The number of ether oxygens (including phenoxy) is 1. The second-order valence-corrected chi connectivity index (χ2v) is 9.82. The van der Waals surface area contributed by atoms with Gasteiger partial charge in [-0.3, -0.25) is 14.9 Å². The Hall–Kier alpha value is -3.28. The number of aromatic nitrogens is 1. The lowest BCUT2D eigenvalue weighted by atomic mass is 9.97. The van der Waals surface area contributed by atoms with Crippen molar-refractivity contribution in [2.75, 3.05) is 11.9 Å². The summed E-state index contributed by atoms with van der Waals surface area (Å²) in [5, 5.41) is 18.1. The molecule has 9 heteroatoms. The number of anilines is 1. The quantitative estimate of drug-likeness (QED) is 0.553. The van der Waals surface area contributed by atoms with E-state index in [1.54, 1.807) is 33.0 Å². The van der Waals surface area contributed by atoms with Gasteiger partial charge in [0.1, 0.15) is 23.4 Å². The van der Waals surface area contributed by atoms with Gasteiger partial charge < -0.3 is 19.9 Å². The molecule has 33 heavy (non-hydrogen) atoms. The molecule has 178 valence electrons. The molecule has 3 atom stereocenters. The Morgan fingerprint density at radius 2 is 2.06 bits per heavy atom. The number of rotatable bonds is 8. The lowest BCUT2D eigenvalue weighted by Gasteiger charge is -2.23. The molecular weight excluding hydrogens is 422 g/mol. The van der Waals surface area contributed by atoms with Crippen LogP contribution in [-0.4, -0.2) is 34.8 Å². The van der Waals surface area contributed by atoms with Crippen LogP contribution < -0.4 is 21.5 Å². The zero-order chi connectivity index (χ0) is 24.2. The Morgan fingerprint density at radius 1 is 1.33 bits per heavy atom. The van der Waals surface area contributed by atoms with Gasteiger partial charge in [0, 0.05) is 24.4 Å². The molecule has 9 nitrogen and oxygen atoms in total. The van der Waals surface area contributed by atoms with Gasteiger partial charge in [-0.2, -0.15) is 5.26 Å². The van der Waals surface area contributed by atoms with E-state index < -0.39 is 29.3 Å². The van der Waals surface area contributed by atoms with Crippen LogP contribution in [0.4, 0.5) is 10.5 Å². The largest absolute Gasteiger partial charge is 0.444 e. The molecule has 1 aliphatic carbocycles. The predicted octanol–water partition coefficient (Wildman–Crippen LogP) is 3.06. The van der Waals surface area contributed by atoms with E-state index in [2.05, 4.69) is 28.6 Å². The summed E-state index contributed by atoms with van der Waals surface area (Å²) in [7, 11) is 0. The zero-order valence-electron chi connectivity index (χ0n) is 19.5. The van der Waals surface area contributed by atoms with Crippen LogP contribution >= 0.6 is 0 Å². The smallest absolute Gasteiger partial charge is 0.412 e. The van der Waals surface area contributed by atoms with Gasteiger partial charge in [-0.25, -0.2) is 4.79 Å². The summed E-state index contributed by atoms with van der Waals surface area (Å²) in [4.78, 5) is 38.5. The second kappa shape index (κ2) is 10.1. The van der Waals surface area contributed by atoms with Crippen molar-refractivity contribution in [2.45, 2.75) is 70.6 Å². The summed E-state index contributed by atoms with van der Waals surface area (Å²) >= 11 is 0. The Labute approximate surface area is 194 Å². The lowest BCUT2D eigenvalue weighted by molar-refractivity contribution is -0.125. The van der Waals surface area contributed by atoms with E-state index >= 15 is 0 Å². The predicted molar refractivity (Wildman–Crippen MR) is 124 cm³/mol. The van der Waals surface area contributed by atoms with Crippen LogP contribution in [-0.2, 0) is 9.53 Å². The first-order chi connectivity index (χ1) is 15.6. The molecule has 2 fully saturated rings. The van der Waals surface area contributed by atoms with Gasteiger partial charge in [0.25, 0.3) is 5.56 Å². The molecule has 3 unspecified atom stereocenters. The third kappa shape index (κ3) is 6.85. The maximum Gasteiger partial charge on any atom is 0.412 e. The molecule has 1 saturated heterocycles. The Bertz CT molecular complexity index is 999. The van der Waals surface area contributed by atoms with Gasteiger partial charge in [0.2, 0.25) is 5.91 Å². The van der Waals surface area contributed by atoms with E-state index in [-0.39, 0.29) is 17.5 Å². The van der Waals surface area contributed by atoms with Crippen LogP contribution in [0.15, 0.2) is 35.4 Å². The van der Waals surface area contributed by atoms with E-state index in [9.17, 15) is 19.6 Å². The Kier molecular flexibility index (Phi) is 7.46. The average molecular weight is 456 g/mol. The molecule has 0 spiro atoms. The highest BCUT2D eigenvalue weighted by molar-refractivity contribution is 5.85. The van der Waals surface area contributed by atoms with Crippen molar-refractivity contribution in [1.29, 1.82) is 5.26 Å². The van der Waals surface area contributed by atoms with Crippen LogP contribution in [0.2, 0.25) is 0 Å². The number of carbonyl (C=O) groups excluding carboxylic acids is 2. The summed E-state index contributed by atoms with van der Waals surface area (Å²) < 4.78 is 6.57. The fourth-order valence-corrected chi connectivity index (χ4v) is 3.96. The van der Waals surface area contributed by atoms with E-state index in [1.807, 2.05) is 0 Å². The molecule has 1 saturated carbocycles. The monoisotopic (exact) mass is 455 g/mol. The number of hydrogen-bond donors (Lipinski definition) is 3. The summed E-state index contributed by atoms with van der Waals surface area (Å²) in [6.07, 6.45) is 4.65. The molecule has 0 aromatic carbocycles. The van der Waals surface area contributed by atoms with Gasteiger partial charge in [-0.05, 0) is 58.1 Å². The van der Waals surface area contributed by atoms with Crippen molar-refractivity contribution in [3.63, 3.8) is 0 Å². The minimum absolute atomic E-state index is 0.0329. The third-order valence-corrected chi connectivity index (χ3v) is 5.83. The average Bonchev–Trinajstić information content (AvgIpc) is 3.46. The van der Waals surface area contributed by atoms with Crippen molar-refractivity contribution in [3.8, 4) is 6.07 Å². The van der Waals surface area contributed by atoms with Crippen molar-refractivity contribution in [2.24, 2.45) is 11.8 Å².